The molecule has 4 N–H and O–H groups in total. The lowest BCUT2D eigenvalue weighted by molar-refractivity contribution is -0.209. The Kier molecular flexibility index (Phi) is 14.1. The first-order valence-electron chi connectivity index (χ1n) is 15.1. The van der Waals surface area contributed by atoms with Crippen molar-refractivity contribution in [1.82, 2.24) is 30.3 Å². The van der Waals surface area contributed by atoms with Crippen LogP contribution in [0.1, 0.15) is 58.4 Å². The number of anilines is 2. The van der Waals surface area contributed by atoms with Crippen molar-refractivity contribution in [3.05, 3.63) is 30.3 Å². The maximum absolute atomic E-state index is 12.7. The van der Waals surface area contributed by atoms with Gasteiger partial charge in [0, 0.05) is 38.1 Å². The van der Waals surface area contributed by atoms with Gasteiger partial charge in [-0.05, 0) is 44.2 Å². The van der Waals surface area contributed by atoms with E-state index in [9.17, 15) is 27.9 Å². The smallest absolute Gasteiger partial charge is 0.465 e. The molecule has 3 aromatic rings. The third kappa shape index (κ3) is 10.6. The van der Waals surface area contributed by atoms with E-state index in [1.807, 2.05) is 44.3 Å². The average Bonchev–Trinajstić information content (AvgIpc) is 3.61. The van der Waals surface area contributed by atoms with Crippen LogP contribution in [0.25, 0.3) is 11.2 Å². The molecule has 17 heteroatoms. The minimum atomic E-state index is -5.15. The number of carbonyl (C=O) groups excluding carboxylic acids is 1. The second-order valence-electron chi connectivity index (χ2n) is 10.6. The highest BCUT2D eigenvalue weighted by Gasteiger charge is 2.48. The van der Waals surface area contributed by atoms with Crippen LogP contribution < -0.4 is 15.5 Å². The topological polar surface area (TPSA) is 168 Å². The lowest BCUT2D eigenvalue weighted by atomic mass is 10.2. The second-order valence-corrected chi connectivity index (χ2v) is 11.7. The average molecular weight is 671 g/mol. The Morgan fingerprint density at radius 1 is 1.11 bits per heavy atom. The summed E-state index contributed by atoms with van der Waals surface area (Å²) in [5.41, 5.74) is 1.84. The van der Waals surface area contributed by atoms with E-state index in [2.05, 4.69) is 47.5 Å². The van der Waals surface area contributed by atoms with E-state index in [0.717, 1.165) is 43.7 Å². The van der Waals surface area contributed by atoms with Crippen LogP contribution in [0.5, 0.6) is 0 Å². The highest BCUT2D eigenvalue weighted by atomic mass is 32.2. The van der Waals surface area contributed by atoms with Gasteiger partial charge in [0.15, 0.2) is 28.2 Å². The molecule has 4 rings (SSSR count). The molecule has 0 unspecified atom stereocenters. The molecule has 2 heterocycles. The molecule has 254 valence electrons. The zero-order valence-corrected chi connectivity index (χ0v) is 26.9. The summed E-state index contributed by atoms with van der Waals surface area (Å²) in [6.07, 6.45) is -4.73. The summed E-state index contributed by atoms with van der Waals surface area (Å²) < 4.78 is 44.1. The van der Waals surface area contributed by atoms with Gasteiger partial charge in [-0.3, -0.25) is 0 Å². The maximum atomic E-state index is 12.7. The minimum Gasteiger partial charge on any atom is -0.465 e. The predicted octanol–water partition coefficient (Wildman–Crippen LogP) is 4.89. The number of fused-ring (bicyclic) bond motifs is 1. The molecule has 0 saturated heterocycles. The second kappa shape index (κ2) is 17.7. The first-order chi connectivity index (χ1) is 22.0. The molecule has 0 aliphatic heterocycles. The molecule has 3 atom stereocenters. The number of carboxylic acid groups (broad SMARTS) is 1. The van der Waals surface area contributed by atoms with Crippen LogP contribution in [0.2, 0.25) is 0 Å². The predicted molar refractivity (Wildman–Crippen MR) is 168 cm³/mol. The Bertz CT molecular complexity index is 1400. The van der Waals surface area contributed by atoms with Crippen LogP contribution in [0.3, 0.4) is 0 Å². The fourth-order valence-corrected chi connectivity index (χ4v) is 5.35. The van der Waals surface area contributed by atoms with Crippen molar-refractivity contribution in [3.8, 4) is 0 Å². The fourth-order valence-electron chi connectivity index (χ4n) is 4.66. The van der Waals surface area contributed by atoms with Crippen molar-refractivity contribution < 1.29 is 37.7 Å². The summed E-state index contributed by atoms with van der Waals surface area (Å²) in [6, 6.07) is 9.19. The van der Waals surface area contributed by atoms with E-state index in [1.54, 1.807) is 0 Å². The minimum absolute atomic E-state index is 0.159. The van der Waals surface area contributed by atoms with Gasteiger partial charge in [-0.2, -0.15) is 13.2 Å². The largest absolute Gasteiger partial charge is 0.490 e. The number of para-hydroxylation sites is 1. The van der Waals surface area contributed by atoms with E-state index in [4.69, 9.17) is 5.11 Å². The maximum Gasteiger partial charge on any atom is 0.490 e. The van der Waals surface area contributed by atoms with Crippen LogP contribution >= 0.6 is 11.8 Å². The van der Waals surface area contributed by atoms with E-state index >= 15 is 0 Å². The molecule has 1 aliphatic rings. The number of ether oxygens (including phenoxy) is 1. The van der Waals surface area contributed by atoms with Gasteiger partial charge in [-0.1, -0.05) is 55.4 Å². The van der Waals surface area contributed by atoms with E-state index < -0.39 is 36.5 Å². The molecule has 1 fully saturated rings. The molecule has 0 radical (unpaired) electrons. The number of thioether (sulfide) groups is 1. The number of aliphatic hydroxyl groups is 1. The number of carbonyl (C=O) groups is 2. The number of rotatable bonds is 14. The molecule has 0 spiro atoms. The quantitative estimate of drug-likeness (QED) is 0.0795. The van der Waals surface area contributed by atoms with Gasteiger partial charge < -0.3 is 30.5 Å². The van der Waals surface area contributed by atoms with Crippen molar-refractivity contribution in [1.29, 1.82) is 0 Å². The number of alkyl halides is 3. The van der Waals surface area contributed by atoms with Gasteiger partial charge in [-0.15, -0.1) is 5.10 Å². The Hall–Kier alpha value is -3.86. The third-order valence-corrected chi connectivity index (χ3v) is 8.06. The molecule has 46 heavy (non-hydrogen) atoms. The van der Waals surface area contributed by atoms with E-state index in [1.165, 1.54) is 16.4 Å². The molecule has 1 aromatic carbocycles. The zero-order valence-electron chi connectivity index (χ0n) is 26.0. The standard InChI is InChI=1S/C18H25F3N6O3S.C11H16N2O2/c1-3-5-8-22-14-12-15(24-17(23-14)31-9-4-2)27(26-25-12)10-6-7-11(28)13(10)30-16(29)18(19,20)21;1-13(9-5-8-12-11(14)15)10-6-3-2-4-7-10/h10-11,13,28H,3-9H2,1-2H3,(H,22,23,24);2-4,6-7,12H,5,8-9H2,1H3,(H,14,15)/t10-,11-,13+;/m1./s1. The molecule has 2 aromatic heterocycles. The van der Waals surface area contributed by atoms with E-state index in [-0.39, 0.29) is 12.8 Å². The molecule has 1 saturated carbocycles. The molecular weight excluding hydrogens is 629 g/mol. The lowest BCUT2D eigenvalue weighted by Crippen LogP contribution is -2.38. The molecule has 1 aliphatic carbocycles. The van der Waals surface area contributed by atoms with Gasteiger partial charge in [0.05, 0.1) is 12.1 Å². The number of halogens is 3. The summed E-state index contributed by atoms with van der Waals surface area (Å²) in [4.78, 5) is 32.7. The van der Waals surface area contributed by atoms with Gasteiger partial charge in [0.2, 0.25) is 0 Å². The van der Waals surface area contributed by atoms with Crippen molar-refractivity contribution >= 4 is 46.5 Å². The van der Waals surface area contributed by atoms with Gasteiger partial charge in [0.1, 0.15) is 0 Å². The van der Waals surface area contributed by atoms with Crippen LogP contribution in [0, 0.1) is 0 Å². The number of benzene rings is 1. The number of aliphatic hydroxyl groups excluding tert-OH is 1. The highest BCUT2D eigenvalue weighted by Crippen LogP contribution is 2.36. The number of nitrogens with zero attached hydrogens (tertiary/aromatic N) is 6. The number of hydrogen-bond acceptors (Lipinski definition) is 11. The lowest BCUT2D eigenvalue weighted by Gasteiger charge is -2.23. The third-order valence-electron chi connectivity index (χ3n) is 7.01. The monoisotopic (exact) mass is 670 g/mol. The van der Waals surface area contributed by atoms with Gasteiger partial charge >= 0.3 is 18.2 Å². The van der Waals surface area contributed by atoms with Crippen LogP contribution in [0.15, 0.2) is 35.5 Å². The molecule has 1 amide bonds. The van der Waals surface area contributed by atoms with Crippen LogP contribution in [-0.2, 0) is 9.53 Å². The number of unbranched alkanes of at least 4 members (excludes halogenated alkanes) is 1. The Morgan fingerprint density at radius 2 is 1.85 bits per heavy atom. The number of esters is 1. The number of amides is 1. The summed E-state index contributed by atoms with van der Waals surface area (Å²) in [6.45, 7) is 6.08. The number of nitrogens with one attached hydrogen (secondary N) is 2. The zero-order chi connectivity index (χ0) is 33.7. The first kappa shape index (κ1) is 36.6. The van der Waals surface area contributed by atoms with Gasteiger partial charge in [-0.25, -0.2) is 24.2 Å². The first-order valence-corrected chi connectivity index (χ1v) is 16.1. The summed E-state index contributed by atoms with van der Waals surface area (Å²) in [5.74, 6) is -1.07. The Labute approximate surface area is 269 Å². The SMILES string of the molecule is CCCCNc1nc(SCCC)nc2c1nnn2[C@@H]1CC[C@@H](O)[C@H]1OC(=O)C(F)(F)F.CN(CCCNC(=O)O)c1ccccc1. The van der Waals surface area contributed by atoms with Crippen molar-refractivity contribution in [2.24, 2.45) is 0 Å². The Balaban J connectivity index is 0.000000322. The number of hydrogen-bond donors (Lipinski definition) is 4. The Morgan fingerprint density at radius 3 is 2.50 bits per heavy atom. The van der Waals surface area contributed by atoms with Gasteiger partial charge in [0.25, 0.3) is 0 Å². The van der Waals surface area contributed by atoms with Crippen molar-refractivity contribution in [3.63, 3.8) is 0 Å². The summed E-state index contributed by atoms with van der Waals surface area (Å²) in [5, 5.41) is 32.8. The molecular formula is C29H41F3N8O5S. The van der Waals surface area contributed by atoms with E-state index in [0.29, 0.717) is 35.2 Å². The number of aromatic nitrogens is 5. The molecule has 13 nitrogen and oxygen atoms in total. The normalized spacial score (nSPS) is 17.7. The van der Waals surface area contributed by atoms with Crippen molar-refractivity contribution in [2.45, 2.75) is 82.0 Å². The highest BCUT2D eigenvalue weighted by molar-refractivity contribution is 7.99. The van der Waals surface area contributed by atoms with Crippen LogP contribution in [-0.4, -0.2) is 98.1 Å². The fraction of sp³-hybridized carbons (Fsp3) is 0.586. The van der Waals surface area contributed by atoms with Crippen molar-refractivity contribution in [2.75, 3.05) is 42.7 Å². The molecule has 0 bridgehead atoms. The summed E-state index contributed by atoms with van der Waals surface area (Å²) >= 11 is 1.44. The van der Waals surface area contributed by atoms with Crippen LogP contribution in [0.4, 0.5) is 29.5 Å². The summed E-state index contributed by atoms with van der Waals surface area (Å²) in [7, 11) is 2.00.